The third-order valence-corrected chi connectivity index (χ3v) is 6.35. The minimum atomic E-state index is 0.000101. The van der Waals surface area contributed by atoms with Crippen LogP contribution in [-0.4, -0.2) is 49.8 Å². The molecule has 3 fully saturated rings. The summed E-state index contributed by atoms with van der Waals surface area (Å²) in [6, 6.07) is 0. The van der Waals surface area contributed by atoms with Crippen LogP contribution in [0.2, 0.25) is 0 Å². The van der Waals surface area contributed by atoms with Crippen molar-refractivity contribution in [1.29, 1.82) is 0 Å². The van der Waals surface area contributed by atoms with Gasteiger partial charge in [0.15, 0.2) is 0 Å². The zero-order valence-electron chi connectivity index (χ0n) is 14.4. The summed E-state index contributed by atoms with van der Waals surface area (Å²) in [5.74, 6) is 0.726. The fourth-order valence-electron chi connectivity index (χ4n) is 5.01. The highest BCUT2D eigenvalue weighted by Crippen LogP contribution is 2.63. The molecule has 22 heavy (non-hydrogen) atoms. The molecule has 0 aromatic heterocycles. The Morgan fingerprint density at radius 1 is 1.27 bits per heavy atom. The van der Waals surface area contributed by atoms with Crippen LogP contribution in [0.25, 0.3) is 0 Å². The molecule has 1 heterocycles. The monoisotopic (exact) mass is 309 g/mol. The summed E-state index contributed by atoms with van der Waals surface area (Å²) < 4.78 is 11.3. The highest BCUT2D eigenvalue weighted by atomic mass is 16.5. The SMILES string of the molecule is CC1(C)[C@H]2CC[C@](C)(C2)[C@H]1OC(=O)CCCN1CCOCC1. The van der Waals surface area contributed by atoms with Crippen molar-refractivity contribution < 1.29 is 14.3 Å². The van der Waals surface area contributed by atoms with E-state index in [9.17, 15) is 4.79 Å². The molecule has 1 aliphatic heterocycles. The number of ether oxygens (including phenoxy) is 2. The molecule has 0 aromatic rings. The third-order valence-electron chi connectivity index (χ3n) is 6.35. The average Bonchev–Trinajstić information content (AvgIpc) is 2.96. The first-order chi connectivity index (χ1) is 10.4. The number of rotatable bonds is 5. The van der Waals surface area contributed by atoms with Gasteiger partial charge in [-0.3, -0.25) is 9.69 Å². The van der Waals surface area contributed by atoms with Crippen LogP contribution in [0.1, 0.15) is 52.9 Å². The van der Waals surface area contributed by atoms with Crippen molar-refractivity contribution in [2.24, 2.45) is 16.7 Å². The van der Waals surface area contributed by atoms with Crippen LogP contribution in [-0.2, 0) is 14.3 Å². The van der Waals surface area contributed by atoms with Crippen LogP contribution in [0.15, 0.2) is 0 Å². The van der Waals surface area contributed by atoms with Gasteiger partial charge in [0.25, 0.3) is 0 Å². The zero-order valence-corrected chi connectivity index (χ0v) is 14.4. The van der Waals surface area contributed by atoms with Crippen LogP contribution in [0.3, 0.4) is 0 Å². The number of fused-ring (bicyclic) bond motifs is 2. The van der Waals surface area contributed by atoms with E-state index in [4.69, 9.17) is 9.47 Å². The van der Waals surface area contributed by atoms with Gasteiger partial charge in [0.1, 0.15) is 6.10 Å². The summed E-state index contributed by atoms with van der Waals surface area (Å²) in [4.78, 5) is 14.7. The molecule has 0 aromatic carbocycles. The molecular weight excluding hydrogens is 278 g/mol. The van der Waals surface area contributed by atoms with Gasteiger partial charge in [0.2, 0.25) is 0 Å². The van der Waals surface area contributed by atoms with E-state index in [1.54, 1.807) is 0 Å². The van der Waals surface area contributed by atoms with E-state index >= 15 is 0 Å². The summed E-state index contributed by atoms with van der Waals surface area (Å²) in [7, 11) is 0. The Hall–Kier alpha value is -0.610. The van der Waals surface area contributed by atoms with E-state index < -0.39 is 0 Å². The maximum absolute atomic E-state index is 12.3. The lowest BCUT2D eigenvalue weighted by Gasteiger charge is -2.41. The van der Waals surface area contributed by atoms with Gasteiger partial charge >= 0.3 is 5.97 Å². The van der Waals surface area contributed by atoms with E-state index in [-0.39, 0.29) is 22.9 Å². The molecule has 0 spiro atoms. The van der Waals surface area contributed by atoms with Gasteiger partial charge < -0.3 is 9.47 Å². The summed E-state index contributed by atoms with van der Waals surface area (Å²) >= 11 is 0. The molecule has 1 saturated heterocycles. The van der Waals surface area contributed by atoms with Crippen molar-refractivity contribution in [3.8, 4) is 0 Å². The van der Waals surface area contributed by atoms with Crippen LogP contribution >= 0.6 is 0 Å². The number of hydrogen-bond acceptors (Lipinski definition) is 4. The fourth-order valence-corrected chi connectivity index (χ4v) is 5.01. The van der Waals surface area contributed by atoms with E-state index in [2.05, 4.69) is 25.7 Å². The lowest BCUT2D eigenvalue weighted by atomic mass is 9.70. The second-order valence-corrected chi connectivity index (χ2v) is 8.34. The Kier molecular flexibility index (Phi) is 4.52. The zero-order chi connectivity index (χ0) is 15.8. The first-order valence-corrected chi connectivity index (χ1v) is 8.91. The normalized spacial score (nSPS) is 37.4. The average molecular weight is 309 g/mol. The Bertz CT molecular complexity index is 412. The molecule has 0 unspecified atom stereocenters. The summed E-state index contributed by atoms with van der Waals surface area (Å²) in [5, 5.41) is 0. The summed E-state index contributed by atoms with van der Waals surface area (Å²) in [6.07, 6.45) is 5.29. The molecule has 2 bridgehead atoms. The van der Waals surface area contributed by atoms with E-state index in [1.807, 2.05) is 0 Å². The van der Waals surface area contributed by atoms with Crippen LogP contribution in [0, 0.1) is 16.7 Å². The molecule has 0 N–H and O–H groups in total. The van der Waals surface area contributed by atoms with Crippen molar-refractivity contribution in [2.75, 3.05) is 32.8 Å². The summed E-state index contributed by atoms with van der Waals surface area (Å²) in [5.41, 5.74) is 0.362. The van der Waals surface area contributed by atoms with Gasteiger partial charge in [-0.15, -0.1) is 0 Å². The lowest BCUT2D eigenvalue weighted by molar-refractivity contribution is -0.164. The summed E-state index contributed by atoms with van der Waals surface area (Å²) in [6.45, 7) is 11.5. The Labute approximate surface area is 134 Å². The van der Waals surface area contributed by atoms with Crippen LogP contribution in [0.5, 0.6) is 0 Å². The van der Waals surface area contributed by atoms with Crippen molar-refractivity contribution in [3.05, 3.63) is 0 Å². The van der Waals surface area contributed by atoms with E-state index in [0.29, 0.717) is 6.42 Å². The van der Waals surface area contributed by atoms with E-state index in [1.165, 1.54) is 19.3 Å². The van der Waals surface area contributed by atoms with Gasteiger partial charge in [-0.25, -0.2) is 0 Å². The number of morpholine rings is 1. The van der Waals surface area contributed by atoms with Crippen LogP contribution < -0.4 is 0 Å². The van der Waals surface area contributed by atoms with Crippen molar-refractivity contribution in [1.82, 2.24) is 4.90 Å². The van der Waals surface area contributed by atoms with Gasteiger partial charge in [-0.1, -0.05) is 20.8 Å². The number of carbonyl (C=O) groups is 1. The van der Waals surface area contributed by atoms with Gasteiger partial charge in [-0.05, 0) is 38.1 Å². The van der Waals surface area contributed by atoms with Gasteiger partial charge in [0.05, 0.1) is 13.2 Å². The third kappa shape index (κ3) is 3.05. The molecule has 0 radical (unpaired) electrons. The minimum absolute atomic E-state index is 0.000101. The number of carbonyl (C=O) groups excluding carboxylic acids is 1. The number of nitrogens with zero attached hydrogens (tertiary/aromatic N) is 1. The largest absolute Gasteiger partial charge is 0.461 e. The Morgan fingerprint density at radius 3 is 2.64 bits per heavy atom. The number of hydrogen-bond donors (Lipinski definition) is 0. The van der Waals surface area contributed by atoms with Crippen molar-refractivity contribution in [2.45, 2.75) is 59.0 Å². The van der Waals surface area contributed by atoms with Crippen molar-refractivity contribution in [3.63, 3.8) is 0 Å². The first kappa shape index (κ1) is 16.3. The molecule has 3 rings (SSSR count). The predicted molar refractivity (Wildman–Crippen MR) is 85.6 cm³/mol. The molecule has 3 atom stereocenters. The molecular formula is C18H31NO3. The molecule has 126 valence electrons. The number of esters is 1. The van der Waals surface area contributed by atoms with E-state index in [0.717, 1.165) is 45.2 Å². The highest BCUT2D eigenvalue weighted by molar-refractivity contribution is 5.69. The lowest BCUT2D eigenvalue weighted by Crippen LogP contribution is -2.43. The Balaban J connectivity index is 1.45. The maximum Gasteiger partial charge on any atom is 0.306 e. The first-order valence-electron chi connectivity index (χ1n) is 8.91. The van der Waals surface area contributed by atoms with Crippen LogP contribution in [0.4, 0.5) is 0 Å². The van der Waals surface area contributed by atoms with Crippen molar-refractivity contribution >= 4 is 5.97 Å². The molecule has 2 saturated carbocycles. The highest BCUT2D eigenvalue weighted by Gasteiger charge is 2.61. The molecule has 4 heteroatoms. The molecule has 3 aliphatic rings. The topological polar surface area (TPSA) is 38.8 Å². The molecule has 2 aliphatic carbocycles. The fraction of sp³-hybridized carbons (Fsp3) is 0.944. The second-order valence-electron chi connectivity index (χ2n) is 8.34. The molecule has 0 amide bonds. The molecule has 4 nitrogen and oxygen atoms in total. The smallest absolute Gasteiger partial charge is 0.306 e. The Morgan fingerprint density at radius 2 is 2.00 bits per heavy atom. The van der Waals surface area contributed by atoms with Gasteiger partial charge in [-0.2, -0.15) is 0 Å². The standard InChI is InChI=1S/C18H31NO3/c1-17(2)14-6-7-18(3,13-14)16(17)22-15(20)5-4-8-19-9-11-21-12-10-19/h14,16H,4-13H2,1-3H3/t14-,16-,18+/m0/s1. The second kappa shape index (κ2) is 6.12. The maximum atomic E-state index is 12.3. The predicted octanol–water partition coefficient (Wildman–Crippen LogP) is 2.86. The minimum Gasteiger partial charge on any atom is -0.461 e. The van der Waals surface area contributed by atoms with Gasteiger partial charge in [0, 0.05) is 30.3 Å². The quantitative estimate of drug-likeness (QED) is 0.732.